The lowest BCUT2D eigenvalue weighted by Gasteiger charge is -2.39. The third kappa shape index (κ3) is 2.90. The van der Waals surface area contributed by atoms with E-state index in [1.54, 1.807) is 46.2 Å². The minimum absolute atomic E-state index is 0.00160. The molecule has 0 bridgehead atoms. The van der Waals surface area contributed by atoms with Crippen molar-refractivity contribution in [2.75, 3.05) is 18.0 Å². The van der Waals surface area contributed by atoms with Crippen molar-refractivity contribution in [3.05, 3.63) is 53.1 Å². The Morgan fingerprint density at radius 1 is 1.19 bits per heavy atom. The van der Waals surface area contributed by atoms with Gasteiger partial charge in [0.2, 0.25) is 5.91 Å². The Morgan fingerprint density at radius 3 is 2.81 bits per heavy atom. The normalized spacial score (nSPS) is 17.8. The van der Waals surface area contributed by atoms with Crippen LogP contribution in [0.4, 0.5) is 5.69 Å². The van der Waals surface area contributed by atoms with Crippen LogP contribution in [0.25, 0.3) is 11.0 Å². The van der Waals surface area contributed by atoms with Gasteiger partial charge in [-0.3, -0.25) is 9.59 Å². The number of rotatable bonds is 2. The molecule has 0 N–H and O–H groups in total. The number of hydrogen-bond donors (Lipinski definition) is 0. The second-order valence-electron chi connectivity index (χ2n) is 6.23. The first-order chi connectivity index (χ1) is 12.5. The SMILES string of the molecule is C[C@@H]1CN(c2cccc(Cl)c2)C(=O)CN1C(=O)c1ccc2nonc2c1. The van der Waals surface area contributed by atoms with Gasteiger partial charge in [0.15, 0.2) is 0 Å². The molecule has 0 spiro atoms. The summed E-state index contributed by atoms with van der Waals surface area (Å²) in [7, 11) is 0. The van der Waals surface area contributed by atoms with Gasteiger partial charge in [-0.25, -0.2) is 4.63 Å². The molecule has 2 amide bonds. The summed E-state index contributed by atoms with van der Waals surface area (Å²) in [6.45, 7) is 2.32. The number of benzene rings is 2. The molecule has 1 saturated heterocycles. The van der Waals surface area contributed by atoms with E-state index in [0.29, 0.717) is 28.2 Å². The molecule has 7 nitrogen and oxygen atoms in total. The van der Waals surface area contributed by atoms with Crippen molar-refractivity contribution in [3.8, 4) is 0 Å². The van der Waals surface area contributed by atoms with E-state index in [-0.39, 0.29) is 24.4 Å². The van der Waals surface area contributed by atoms with Crippen LogP contribution in [0.3, 0.4) is 0 Å². The number of fused-ring (bicyclic) bond motifs is 1. The predicted molar refractivity (Wildman–Crippen MR) is 96.1 cm³/mol. The molecule has 0 radical (unpaired) electrons. The fraction of sp³-hybridized carbons (Fsp3) is 0.222. The Bertz CT molecular complexity index is 1000. The van der Waals surface area contributed by atoms with Gasteiger partial charge >= 0.3 is 0 Å². The maximum absolute atomic E-state index is 12.9. The molecule has 2 heterocycles. The molecule has 1 aliphatic heterocycles. The summed E-state index contributed by atoms with van der Waals surface area (Å²) in [5.74, 6) is -0.371. The van der Waals surface area contributed by atoms with E-state index in [0.717, 1.165) is 5.69 Å². The van der Waals surface area contributed by atoms with Crippen molar-refractivity contribution in [3.63, 3.8) is 0 Å². The summed E-state index contributed by atoms with van der Waals surface area (Å²) >= 11 is 6.02. The van der Waals surface area contributed by atoms with Gasteiger partial charge in [-0.15, -0.1) is 0 Å². The lowest BCUT2D eigenvalue weighted by molar-refractivity contribution is -0.121. The highest BCUT2D eigenvalue weighted by molar-refractivity contribution is 6.31. The standard InChI is InChI=1S/C18H15ClN4O3/c1-11-9-23(14-4-2-3-13(19)8-14)17(24)10-22(11)18(25)12-5-6-15-16(7-12)21-26-20-15/h2-8,11H,9-10H2,1H3/t11-/m1/s1. The third-order valence-corrected chi connectivity index (χ3v) is 4.70. The largest absolute Gasteiger partial charge is 0.325 e. The molecule has 26 heavy (non-hydrogen) atoms. The first-order valence-corrected chi connectivity index (χ1v) is 8.50. The molecule has 3 aromatic rings. The van der Waals surface area contributed by atoms with Gasteiger partial charge in [0, 0.05) is 28.9 Å². The maximum Gasteiger partial charge on any atom is 0.254 e. The average Bonchev–Trinajstić information content (AvgIpc) is 3.10. The van der Waals surface area contributed by atoms with Gasteiger partial charge in [-0.2, -0.15) is 0 Å². The second-order valence-corrected chi connectivity index (χ2v) is 6.67. The molecular formula is C18H15ClN4O3. The average molecular weight is 371 g/mol. The van der Waals surface area contributed by atoms with Gasteiger partial charge in [-0.05, 0) is 53.6 Å². The van der Waals surface area contributed by atoms with Crippen LogP contribution >= 0.6 is 11.6 Å². The number of aromatic nitrogens is 2. The summed E-state index contributed by atoms with van der Waals surface area (Å²) in [4.78, 5) is 28.7. The van der Waals surface area contributed by atoms with Crippen molar-refractivity contribution < 1.29 is 14.2 Å². The Balaban J connectivity index is 1.57. The Labute approximate surface area is 154 Å². The van der Waals surface area contributed by atoms with Crippen molar-refractivity contribution in [2.24, 2.45) is 0 Å². The van der Waals surface area contributed by atoms with Gasteiger partial charge in [-0.1, -0.05) is 17.7 Å². The smallest absolute Gasteiger partial charge is 0.254 e. The molecule has 132 valence electrons. The van der Waals surface area contributed by atoms with Crippen molar-refractivity contribution >= 4 is 40.1 Å². The van der Waals surface area contributed by atoms with Gasteiger partial charge < -0.3 is 9.80 Å². The molecule has 0 saturated carbocycles. The summed E-state index contributed by atoms with van der Waals surface area (Å²) in [5, 5.41) is 8.05. The Morgan fingerprint density at radius 2 is 2.00 bits per heavy atom. The highest BCUT2D eigenvalue weighted by Gasteiger charge is 2.33. The maximum atomic E-state index is 12.9. The summed E-state index contributed by atoms with van der Waals surface area (Å²) in [5.41, 5.74) is 2.27. The number of carbonyl (C=O) groups is 2. The number of carbonyl (C=O) groups excluding carboxylic acids is 2. The number of amides is 2. The molecule has 1 fully saturated rings. The highest BCUT2D eigenvalue weighted by atomic mass is 35.5. The summed E-state index contributed by atoms with van der Waals surface area (Å²) in [6.07, 6.45) is 0. The van der Waals surface area contributed by atoms with Crippen LogP contribution in [0.2, 0.25) is 5.02 Å². The van der Waals surface area contributed by atoms with E-state index >= 15 is 0 Å². The molecule has 1 aliphatic rings. The van der Waals surface area contributed by atoms with Crippen LogP contribution in [0.5, 0.6) is 0 Å². The zero-order valence-corrected chi connectivity index (χ0v) is 14.7. The second kappa shape index (κ2) is 6.42. The number of piperazine rings is 1. The molecule has 4 rings (SSSR count). The Hall–Kier alpha value is -2.93. The van der Waals surface area contributed by atoms with Gasteiger partial charge in [0.05, 0.1) is 0 Å². The molecule has 1 aromatic heterocycles. The summed E-state index contributed by atoms with van der Waals surface area (Å²) in [6, 6.07) is 11.9. The molecule has 0 aliphatic carbocycles. The number of hydrogen-bond acceptors (Lipinski definition) is 5. The van der Waals surface area contributed by atoms with Crippen LogP contribution in [0.15, 0.2) is 47.1 Å². The minimum Gasteiger partial charge on any atom is -0.325 e. The highest BCUT2D eigenvalue weighted by Crippen LogP contribution is 2.24. The van der Waals surface area contributed by atoms with E-state index in [1.165, 1.54) is 0 Å². The topological polar surface area (TPSA) is 79.5 Å². The predicted octanol–water partition coefficient (Wildman–Crippen LogP) is 2.75. The van der Waals surface area contributed by atoms with Crippen LogP contribution in [-0.2, 0) is 4.79 Å². The molecule has 0 unspecified atom stereocenters. The first-order valence-electron chi connectivity index (χ1n) is 8.12. The van der Waals surface area contributed by atoms with Crippen molar-refractivity contribution in [2.45, 2.75) is 13.0 Å². The van der Waals surface area contributed by atoms with Crippen molar-refractivity contribution in [1.82, 2.24) is 15.2 Å². The Kier molecular flexibility index (Phi) is 4.08. The minimum atomic E-state index is -0.221. The van der Waals surface area contributed by atoms with Gasteiger partial charge in [0.25, 0.3) is 5.91 Å². The van der Waals surface area contributed by atoms with Gasteiger partial charge in [0.1, 0.15) is 17.6 Å². The number of halogens is 1. The number of nitrogens with zero attached hydrogens (tertiary/aromatic N) is 4. The zero-order valence-electron chi connectivity index (χ0n) is 13.9. The quantitative estimate of drug-likeness (QED) is 0.693. The number of anilines is 1. The van der Waals surface area contributed by atoms with Crippen LogP contribution in [0, 0.1) is 0 Å². The molecule has 8 heteroatoms. The monoisotopic (exact) mass is 370 g/mol. The fourth-order valence-electron chi connectivity index (χ4n) is 3.10. The van der Waals surface area contributed by atoms with E-state index < -0.39 is 0 Å². The van der Waals surface area contributed by atoms with E-state index in [2.05, 4.69) is 14.9 Å². The third-order valence-electron chi connectivity index (χ3n) is 4.47. The summed E-state index contributed by atoms with van der Waals surface area (Å²) < 4.78 is 4.66. The van der Waals surface area contributed by atoms with Crippen LogP contribution < -0.4 is 4.90 Å². The lowest BCUT2D eigenvalue weighted by Crippen LogP contribution is -2.57. The van der Waals surface area contributed by atoms with Crippen molar-refractivity contribution in [1.29, 1.82) is 0 Å². The molecular weight excluding hydrogens is 356 g/mol. The van der Waals surface area contributed by atoms with Crippen LogP contribution in [0.1, 0.15) is 17.3 Å². The van der Waals surface area contributed by atoms with Crippen LogP contribution in [-0.4, -0.2) is 46.2 Å². The molecule has 2 aromatic carbocycles. The van der Waals surface area contributed by atoms with E-state index in [9.17, 15) is 9.59 Å². The zero-order chi connectivity index (χ0) is 18.3. The first kappa shape index (κ1) is 16.5. The van der Waals surface area contributed by atoms with E-state index in [4.69, 9.17) is 11.6 Å². The molecule has 1 atom stereocenters. The van der Waals surface area contributed by atoms with E-state index in [1.807, 2.05) is 13.0 Å². The lowest BCUT2D eigenvalue weighted by atomic mass is 10.1. The fourth-order valence-corrected chi connectivity index (χ4v) is 3.28.